The van der Waals surface area contributed by atoms with Crippen molar-refractivity contribution in [1.29, 1.82) is 0 Å². The number of carbonyl (C=O) groups is 1. The lowest BCUT2D eigenvalue weighted by Crippen LogP contribution is -2.49. The molecule has 5 nitrogen and oxygen atoms in total. The van der Waals surface area contributed by atoms with Crippen molar-refractivity contribution in [3.63, 3.8) is 0 Å². The quantitative estimate of drug-likeness (QED) is 0.690. The van der Waals surface area contributed by atoms with E-state index >= 15 is 0 Å². The molecule has 1 aliphatic rings. The number of nitrogens with two attached hydrogens (primary N) is 1. The van der Waals surface area contributed by atoms with Crippen LogP contribution in [0.2, 0.25) is 0 Å². The highest BCUT2D eigenvalue weighted by Gasteiger charge is 2.28. The van der Waals surface area contributed by atoms with Gasteiger partial charge in [0.05, 0.1) is 19.8 Å². The summed E-state index contributed by atoms with van der Waals surface area (Å²) in [6.45, 7) is 5.85. The average Bonchev–Trinajstić information content (AvgIpc) is 2.27. The normalized spacial score (nSPS) is 27.2. The van der Waals surface area contributed by atoms with Crippen LogP contribution in [0, 0.1) is 11.8 Å². The van der Waals surface area contributed by atoms with Gasteiger partial charge in [0.25, 0.3) is 0 Å². The summed E-state index contributed by atoms with van der Waals surface area (Å²) >= 11 is 0. The highest BCUT2D eigenvalue weighted by Crippen LogP contribution is 2.22. The Hall–Kier alpha value is -0.650. The molecule has 0 radical (unpaired) electrons. The first-order chi connectivity index (χ1) is 8.42. The summed E-state index contributed by atoms with van der Waals surface area (Å²) < 4.78 is 4.67. The van der Waals surface area contributed by atoms with Crippen LogP contribution < -0.4 is 5.73 Å². The van der Waals surface area contributed by atoms with Crippen LogP contribution in [0.3, 0.4) is 0 Å². The summed E-state index contributed by atoms with van der Waals surface area (Å²) in [6, 6.07) is 0.0766. The minimum absolute atomic E-state index is 0.0766. The molecule has 3 unspecified atom stereocenters. The molecule has 0 aromatic carbocycles. The number of methoxy groups -OCH3 is 1. The van der Waals surface area contributed by atoms with Crippen LogP contribution >= 0.6 is 0 Å². The minimum atomic E-state index is -0.291. The van der Waals surface area contributed by atoms with Gasteiger partial charge in [-0.25, -0.2) is 0 Å². The van der Waals surface area contributed by atoms with Crippen molar-refractivity contribution in [3.05, 3.63) is 0 Å². The Morgan fingerprint density at radius 3 is 2.72 bits per heavy atom. The van der Waals surface area contributed by atoms with E-state index in [-0.39, 0.29) is 24.0 Å². The number of piperidine rings is 1. The maximum Gasteiger partial charge on any atom is 0.319 e. The van der Waals surface area contributed by atoms with E-state index in [1.165, 1.54) is 7.11 Å². The molecule has 3 atom stereocenters. The summed E-state index contributed by atoms with van der Waals surface area (Å²) in [5.41, 5.74) is 6.01. The molecule has 0 aromatic rings. The number of carbonyl (C=O) groups excluding carboxylic acids is 1. The highest BCUT2D eigenvalue weighted by atomic mass is 16.5. The Kier molecular flexibility index (Phi) is 6.05. The van der Waals surface area contributed by atoms with E-state index < -0.39 is 0 Å². The van der Waals surface area contributed by atoms with E-state index in [1.54, 1.807) is 0 Å². The minimum Gasteiger partial charge on any atom is -0.468 e. The standard InChI is InChI=1S/C13H26N2O3/c1-9(2)12(16)5-10-4-11(14)7-15(6-10)8-13(17)18-3/h9-12,16H,4-8,14H2,1-3H3. The van der Waals surface area contributed by atoms with Crippen molar-refractivity contribution >= 4 is 5.97 Å². The number of ether oxygens (including phenoxy) is 1. The van der Waals surface area contributed by atoms with E-state index in [4.69, 9.17) is 5.73 Å². The molecular weight excluding hydrogens is 232 g/mol. The lowest BCUT2D eigenvalue weighted by Gasteiger charge is -2.36. The van der Waals surface area contributed by atoms with Gasteiger partial charge in [-0.3, -0.25) is 9.69 Å². The van der Waals surface area contributed by atoms with Gasteiger partial charge in [-0.05, 0) is 24.7 Å². The molecule has 1 aliphatic heterocycles. The second kappa shape index (κ2) is 7.07. The SMILES string of the molecule is COC(=O)CN1CC(N)CC(CC(O)C(C)C)C1. The van der Waals surface area contributed by atoms with Crippen LogP contribution in [-0.4, -0.2) is 54.9 Å². The lowest BCUT2D eigenvalue weighted by molar-refractivity contribution is -0.142. The second-order valence-corrected chi connectivity index (χ2v) is 5.68. The van der Waals surface area contributed by atoms with E-state index in [0.29, 0.717) is 12.5 Å². The number of aliphatic hydroxyl groups excluding tert-OH is 1. The molecule has 3 N–H and O–H groups in total. The molecular formula is C13H26N2O3. The number of hydrogen-bond acceptors (Lipinski definition) is 5. The second-order valence-electron chi connectivity index (χ2n) is 5.68. The van der Waals surface area contributed by atoms with Crippen molar-refractivity contribution < 1.29 is 14.6 Å². The molecule has 0 bridgehead atoms. The third-order valence-electron chi connectivity index (χ3n) is 3.57. The van der Waals surface area contributed by atoms with Gasteiger partial charge in [-0.2, -0.15) is 0 Å². The maximum atomic E-state index is 11.3. The first-order valence-electron chi connectivity index (χ1n) is 6.65. The molecule has 106 valence electrons. The third-order valence-corrected chi connectivity index (χ3v) is 3.57. The first-order valence-corrected chi connectivity index (χ1v) is 6.65. The Balaban J connectivity index is 2.47. The maximum absolute atomic E-state index is 11.3. The molecule has 1 rings (SSSR count). The van der Waals surface area contributed by atoms with Crippen LogP contribution in [0.25, 0.3) is 0 Å². The average molecular weight is 258 g/mol. The van der Waals surface area contributed by atoms with Gasteiger partial charge < -0.3 is 15.6 Å². The van der Waals surface area contributed by atoms with Crippen LogP contribution in [-0.2, 0) is 9.53 Å². The van der Waals surface area contributed by atoms with Gasteiger partial charge in [0.2, 0.25) is 0 Å². The molecule has 1 saturated heterocycles. The van der Waals surface area contributed by atoms with Crippen molar-refractivity contribution in [2.45, 2.75) is 38.8 Å². The molecule has 1 fully saturated rings. The molecule has 0 aliphatic carbocycles. The lowest BCUT2D eigenvalue weighted by atomic mass is 9.87. The highest BCUT2D eigenvalue weighted by molar-refractivity contribution is 5.71. The van der Waals surface area contributed by atoms with Gasteiger partial charge in [-0.15, -0.1) is 0 Å². The van der Waals surface area contributed by atoms with E-state index in [1.807, 2.05) is 18.7 Å². The molecule has 5 heteroatoms. The van der Waals surface area contributed by atoms with Gasteiger partial charge in [0.15, 0.2) is 0 Å². The van der Waals surface area contributed by atoms with Gasteiger partial charge >= 0.3 is 5.97 Å². The summed E-state index contributed by atoms with van der Waals surface area (Å²) in [6.07, 6.45) is 1.38. The molecule has 1 heterocycles. The Morgan fingerprint density at radius 2 is 2.17 bits per heavy atom. The fraction of sp³-hybridized carbons (Fsp3) is 0.923. The summed E-state index contributed by atoms with van der Waals surface area (Å²) in [5.74, 6) is 0.389. The predicted molar refractivity (Wildman–Crippen MR) is 70.0 cm³/mol. The Morgan fingerprint density at radius 1 is 1.50 bits per heavy atom. The summed E-state index contributed by atoms with van der Waals surface area (Å²) in [4.78, 5) is 13.3. The van der Waals surface area contributed by atoms with Crippen LogP contribution in [0.1, 0.15) is 26.7 Å². The number of hydrogen-bond donors (Lipinski definition) is 2. The van der Waals surface area contributed by atoms with E-state index in [2.05, 4.69) is 4.74 Å². The van der Waals surface area contributed by atoms with Crippen LogP contribution in [0.5, 0.6) is 0 Å². The van der Waals surface area contributed by atoms with E-state index in [9.17, 15) is 9.90 Å². The Bertz CT molecular complexity index is 271. The van der Waals surface area contributed by atoms with Crippen molar-refractivity contribution in [3.8, 4) is 0 Å². The molecule has 0 spiro atoms. The summed E-state index contributed by atoms with van der Waals surface area (Å²) in [5, 5.41) is 9.93. The fourth-order valence-electron chi connectivity index (χ4n) is 2.51. The van der Waals surface area contributed by atoms with Crippen LogP contribution in [0.15, 0.2) is 0 Å². The predicted octanol–water partition coefficient (Wildman–Crippen LogP) is 0.216. The number of rotatable bonds is 5. The Labute approximate surface area is 109 Å². The monoisotopic (exact) mass is 258 g/mol. The molecule has 0 saturated carbocycles. The van der Waals surface area contributed by atoms with E-state index in [0.717, 1.165) is 25.9 Å². The zero-order valence-corrected chi connectivity index (χ0v) is 11.6. The number of likely N-dealkylation sites (tertiary alicyclic amines) is 1. The third kappa shape index (κ3) is 4.92. The fourth-order valence-corrected chi connectivity index (χ4v) is 2.51. The van der Waals surface area contributed by atoms with Crippen molar-refractivity contribution in [2.24, 2.45) is 17.6 Å². The van der Waals surface area contributed by atoms with Gasteiger partial charge in [-0.1, -0.05) is 13.8 Å². The topological polar surface area (TPSA) is 75.8 Å². The van der Waals surface area contributed by atoms with Crippen molar-refractivity contribution in [1.82, 2.24) is 4.90 Å². The largest absolute Gasteiger partial charge is 0.468 e. The zero-order valence-electron chi connectivity index (χ0n) is 11.6. The smallest absolute Gasteiger partial charge is 0.319 e. The van der Waals surface area contributed by atoms with Gasteiger partial charge in [0.1, 0.15) is 0 Å². The van der Waals surface area contributed by atoms with Gasteiger partial charge in [0, 0.05) is 19.1 Å². The molecule has 0 aromatic heterocycles. The number of nitrogens with zero attached hydrogens (tertiary/aromatic N) is 1. The molecule has 18 heavy (non-hydrogen) atoms. The van der Waals surface area contributed by atoms with Crippen LogP contribution in [0.4, 0.5) is 0 Å². The first kappa shape index (κ1) is 15.4. The summed E-state index contributed by atoms with van der Waals surface area (Å²) in [7, 11) is 1.40. The number of esters is 1. The van der Waals surface area contributed by atoms with Crippen molar-refractivity contribution in [2.75, 3.05) is 26.7 Å². The molecule has 0 amide bonds. The zero-order chi connectivity index (χ0) is 13.7. The number of aliphatic hydroxyl groups is 1.